The van der Waals surface area contributed by atoms with Crippen LogP contribution in [0, 0.1) is 0 Å². The molecule has 0 spiro atoms. The van der Waals surface area contributed by atoms with Crippen molar-refractivity contribution < 1.29 is 18.5 Å². The summed E-state index contributed by atoms with van der Waals surface area (Å²) in [6.07, 6.45) is 4.38. The van der Waals surface area contributed by atoms with E-state index in [9.17, 15) is 13.8 Å². The number of fused-ring (bicyclic) bond motifs is 1. The molecular weight excluding hydrogens is 352 g/mol. The Morgan fingerprint density at radius 2 is 1.92 bits per heavy atom. The zero-order chi connectivity index (χ0) is 19.5. The number of ketones is 1. The Kier molecular flexibility index (Phi) is 5.81. The van der Waals surface area contributed by atoms with Crippen molar-refractivity contribution in [3.8, 4) is 0 Å². The Bertz CT molecular complexity index is 922. The fraction of sp³-hybridized carbons (Fsp3) is 0.421. The summed E-state index contributed by atoms with van der Waals surface area (Å²) in [4.78, 5) is 27.9. The third kappa shape index (κ3) is 5.91. The van der Waals surface area contributed by atoms with E-state index in [4.69, 9.17) is 4.74 Å². The van der Waals surface area contributed by atoms with Gasteiger partial charge < -0.3 is 15.0 Å². The van der Waals surface area contributed by atoms with Crippen molar-refractivity contribution >= 4 is 37.7 Å². The maximum atomic E-state index is 12.6. The number of rotatable bonds is 5. The van der Waals surface area contributed by atoms with Crippen LogP contribution in [0.3, 0.4) is 0 Å². The fourth-order valence-corrected chi connectivity index (χ4v) is 3.28. The molecule has 7 heteroatoms. The molecule has 142 valence electrons. The zero-order valence-corrected chi connectivity index (χ0v) is 16.6. The van der Waals surface area contributed by atoms with Gasteiger partial charge in [0.15, 0.2) is 5.78 Å². The van der Waals surface area contributed by atoms with Gasteiger partial charge in [-0.3, -0.25) is 9.00 Å². The molecule has 1 heterocycles. The molecule has 0 aliphatic rings. The fourth-order valence-electron chi connectivity index (χ4n) is 2.55. The Morgan fingerprint density at radius 1 is 1.27 bits per heavy atom. The van der Waals surface area contributed by atoms with E-state index in [2.05, 4.69) is 10.3 Å². The van der Waals surface area contributed by atoms with Crippen molar-refractivity contribution in [2.75, 3.05) is 12.5 Å². The maximum Gasteiger partial charge on any atom is 0.408 e. The highest BCUT2D eigenvalue weighted by Crippen LogP contribution is 2.19. The van der Waals surface area contributed by atoms with Crippen LogP contribution < -0.4 is 5.32 Å². The van der Waals surface area contributed by atoms with Crippen molar-refractivity contribution in [1.82, 2.24) is 10.3 Å². The van der Waals surface area contributed by atoms with E-state index in [1.165, 1.54) is 17.9 Å². The molecule has 0 unspecified atom stereocenters. The van der Waals surface area contributed by atoms with Crippen molar-refractivity contribution in [2.45, 2.75) is 38.8 Å². The van der Waals surface area contributed by atoms with Gasteiger partial charge in [-0.05, 0) is 41.9 Å². The van der Waals surface area contributed by atoms with E-state index in [1.54, 1.807) is 20.8 Å². The molecule has 26 heavy (non-hydrogen) atoms. The zero-order valence-electron chi connectivity index (χ0n) is 15.8. The van der Waals surface area contributed by atoms with Gasteiger partial charge in [-0.2, -0.15) is 0 Å². The van der Waals surface area contributed by atoms with E-state index in [1.807, 2.05) is 30.5 Å². The summed E-state index contributed by atoms with van der Waals surface area (Å²) in [7, 11) is -2.39. The first-order valence-corrected chi connectivity index (χ1v) is 10.8. The Balaban J connectivity index is 2.29. The van der Waals surface area contributed by atoms with Gasteiger partial charge in [-0.15, -0.1) is 0 Å². The molecule has 0 radical (unpaired) electrons. The molecule has 0 saturated heterocycles. The third-order valence-electron chi connectivity index (χ3n) is 3.53. The van der Waals surface area contributed by atoms with Crippen LogP contribution in [0.1, 0.15) is 26.3 Å². The number of aromatic amines is 1. The largest absolute Gasteiger partial charge is 0.444 e. The van der Waals surface area contributed by atoms with Gasteiger partial charge in [0.2, 0.25) is 0 Å². The topological polar surface area (TPSA) is 88.3 Å². The van der Waals surface area contributed by atoms with Crippen LogP contribution in [0.5, 0.6) is 0 Å². The molecule has 2 N–H and O–H groups in total. The van der Waals surface area contributed by atoms with Crippen LogP contribution in [0.2, 0.25) is 0 Å². The van der Waals surface area contributed by atoms with Crippen LogP contribution in [-0.4, -0.2) is 50.6 Å². The molecule has 1 aromatic heterocycles. The van der Waals surface area contributed by atoms with Crippen LogP contribution in [-0.2, 0) is 25.5 Å². The maximum absolute atomic E-state index is 12.6. The summed E-state index contributed by atoms with van der Waals surface area (Å²) >= 11 is 0. The molecule has 2 rings (SSSR count). The minimum absolute atomic E-state index is 0.272. The van der Waals surface area contributed by atoms with Gasteiger partial charge in [0.1, 0.15) is 5.60 Å². The average molecular weight is 378 g/mol. The number of hydrogen-bond donors (Lipinski definition) is 2. The lowest BCUT2D eigenvalue weighted by atomic mass is 10.0. The first-order chi connectivity index (χ1) is 11.9. The number of alkyl carbamates (subject to hydrolysis) is 1. The number of hydrogen-bond acceptors (Lipinski definition) is 4. The smallest absolute Gasteiger partial charge is 0.408 e. The lowest BCUT2D eigenvalue weighted by Crippen LogP contribution is -2.45. The second-order valence-corrected chi connectivity index (χ2v) is 10.4. The quantitative estimate of drug-likeness (QED) is 0.783. The minimum atomic E-state index is -2.39. The normalized spacial score (nSPS) is 13.3. The van der Waals surface area contributed by atoms with Crippen LogP contribution >= 0.6 is 0 Å². The molecule has 0 fully saturated rings. The Labute approximate surface area is 154 Å². The number of carbonyl (C=O) groups is 2. The number of nitrogens with one attached hydrogen (secondary N) is 2. The highest BCUT2D eigenvalue weighted by atomic mass is 32.2. The van der Waals surface area contributed by atoms with Crippen molar-refractivity contribution in [3.63, 3.8) is 0 Å². The van der Waals surface area contributed by atoms with Crippen LogP contribution in [0.15, 0.2) is 30.5 Å². The number of H-pyrrole nitrogens is 1. The van der Waals surface area contributed by atoms with Crippen molar-refractivity contribution in [2.24, 2.45) is 0 Å². The molecule has 0 saturated carbocycles. The van der Waals surface area contributed by atoms with E-state index in [0.717, 1.165) is 16.5 Å². The van der Waals surface area contributed by atoms with Gasteiger partial charge in [-0.25, -0.2) is 4.79 Å². The lowest BCUT2D eigenvalue weighted by molar-refractivity contribution is -0.114. The number of ether oxygens (including phenoxy) is 1. The number of Topliss-reactive ketones (excluding diaryl/α,β-unsaturated/α-hetero) is 1. The molecule has 6 nitrogen and oxygen atoms in total. The van der Waals surface area contributed by atoms with Gasteiger partial charge in [0.05, 0.1) is 6.04 Å². The molecular formula is C19H26N2O4S. The summed E-state index contributed by atoms with van der Waals surface area (Å²) in [6.45, 7) is 5.25. The second kappa shape index (κ2) is 7.53. The summed E-state index contributed by atoms with van der Waals surface area (Å²) in [6, 6.07) is 6.86. The SMILES string of the molecule is CC(C)(C)OC(=O)N[C@@H](Cc1c[nH]c2ccccc12)C(=O)C=S(C)(C)=O. The summed E-state index contributed by atoms with van der Waals surface area (Å²) in [5, 5.41) is 4.78. The van der Waals surface area contributed by atoms with Gasteiger partial charge >= 0.3 is 6.09 Å². The van der Waals surface area contributed by atoms with Gasteiger partial charge in [-0.1, -0.05) is 18.2 Å². The van der Waals surface area contributed by atoms with E-state index < -0.39 is 33.0 Å². The summed E-state index contributed by atoms with van der Waals surface area (Å²) in [5.74, 6) is -0.392. The number of carbonyl (C=O) groups excluding carboxylic acids is 2. The predicted molar refractivity (Wildman–Crippen MR) is 106 cm³/mol. The second-order valence-electron chi connectivity index (χ2n) is 7.59. The molecule has 2 aromatic rings. The van der Waals surface area contributed by atoms with Crippen LogP contribution in [0.25, 0.3) is 10.9 Å². The van der Waals surface area contributed by atoms with Crippen molar-refractivity contribution in [3.05, 3.63) is 36.0 Å². The highest BCUT2D eigenvalue weighted by Gasteiger charge is 2.25. The molecule has 0 aliphatic heterocycles. The standard InChI is InChI=1S/C19H26N2O4S/c1-19(2,3)25-18(23)21-16(17(22)12-26(4,5)24)10-13-11-20-15-9-7-6-8-14(13)15/h6-9,11-12,16,20H,10H2,1-5H3,(H,21,23)/t16-/m0/s1. The average Bonchev–Trinajstić information content (AvgIpc) is 2.86. The first-order valence-electron chi connectivity index (χ1n) is 8.32. The number of benzene rings is 1. The highest BCUT2D eigenvalue weighted by molar-refractivity contribution is 8.01. The molecule has 1 atom stereocenters. The van der Waals surface area contributed by atoms with Crippen molar-refractivity contribution in [1.29, 1.82) is 0 Å². The Hall–Kier alpha value is -2.28. The lowest BCUT2D eigenvalue weighted by Gasteiger charge is -2.22. The van der Waals surface area contributed by atoms with Gasteiger partial charge in [0.25, 0.3) is 0 Å². The molecule has 1 amide bonds. The van der Waals surface area contributed by atoms with E-state index in [-0.39, 0.29) is 6.42 Å². The molecule has 0 bridgehead atoms. The monoisotopic (exact) mass is 378 g/mol. The number of para-hydroxylation sites is 1. The first kappa shape index (κ1) is 20.0. The predicted octanol–water partition coefficient (Wildman–Crippen LogP) is 2.52. The van der Waals surface area contributed by atoms with E-state index >= 15 is 0 Å². The molecule has 0 aliphatic carbocycles. The van der Waals surface area contributed by atoms with E-state index in [0.29, 0.717) is 0 Å². The summed E-state index contributed by atoms with van der Waals surface area (Å²) in [5.41, 5.74) is 1.16. The molecule has 1 aromatic carbocycles. The Morgan fingerprint density at radius 3 is 2.54 bits per heavy atom. The van der Waals surface area contributed by atoms with Gasteiger partial charge in [0, 0.05) is 41.4 Å². The summed E-state index contributed by atoms with van der Waals surface area (Å²) < 4.78 is 17.3. The third-order valence-corrected chi connectivity index (χ3v) is 4.33. The number of aromatic nitrogens is 1. The number of amides is 1. The van der Waals surface area contributed by atoms with Crippen LogP contribution in [0.4, 0.5) is 4.79 Å². The minimum Gasteiger partial charge on any atom is -0.444 e.